The lowest BCUT2D eigenvalue weighted by Crippen LogP contribution is -2.66. The second-order valence-corrected chi connectivity index (χ2v) is 14.5. The highest BCUT2D eigenvalue weighted by Gasteiger charge is 2.70. The van der Waals surface area contributed by atoms with E-state index in [1.165, 1.54) is 0 Å². The maximum absolute atomic E-state index is 14.3. The van der Waals surface area contributed by atoms with Gasteiger partial charge in [0.15, 0.2) is 5.78 Å². The molecule has 4 fully saturated rings. The average Bonchev–Trinajstić information content (AvgIpc) is 2.74. The first-order chi connectivity index (χ1) is 16.6. The first-order valence-corrected chi connectivity index (χ1v) is 13.3. The van der Waals surface area contributed by atoms with Crippen molar-refractivity contribution in [2.75, 3.05) is 0 Å². The van der Waals surface area contributed by atoms with E-state index in [1.807, 2.05) is 19.9 Å². The van der Waals surface area contributed by atoms with Crippen LogP contribution in [0.25, 0.3) is 0 Å². The predicted octanol–water partition coefficient (Wildman–Crippen LogP) is 6.41. The monoisotopic (exact) mass is 473 g/mol. The number of ketones is 1. The Labute approximate surface area is 210 Å². The molecule has 0 saturated heterocycles. The number of aliphatic carboxylic acids is 1. The summed E-state index contributed by atoms with van der Waals surface area (Å²) in [7, 11) is 0. The van der Waals surface area contributed by atoms with Crippen molar-refractivity contribution in [3.05, 3.63) is 11.6 Å². The maximum Gasteiger partial charge on any atom is 0.309 e. The van der Waals surface area contributed by atoms with Gasteiger partial charge >= 0.3 is 5.97 Å². The summed E-state index contributed by atoms with van der Waals surface area (Å²) in [5, 5.41) is 21.2. The van der Waals surface area contributed by atoms with Gasteiger partial charge in [0.1, 0.15) is 0 Å². The van der Waals surface area contributed by atoms with Crippen LogP contribution < -0.4 is 0 Å². The van der Waals surface area contributed by atoms with E-state index >= 15 is 0 Å². The Morgan fingerprint density at radius 3 is 2.32 bits per heavy atom. The second-order valence-electron chi connectivity index (χ2n) is 14.5. The van der Waals surface area contributed by atoms with Gasteiger partial charge in [-0.2, -0.15) is 0 Å². The smallest absolute Gasteiger partial charge is 0.309 e. The normalized spacial score (nSPS) is 59.1. The highest BCUT2D eigenvalue weighted by molar-refractivity contribution is 5.95. The molecule has 0 heterocycles. The molecule has 0 aromatic rings. The van der Waals surface area contributed by atoms with Crippen LogP contribution in [0.15, 0.2) is 11.6 Å². The van der Waals surface area contributed by atoms with E-state index in [1.54, 1.807) is 13.8 Å². The van der Waals surface area contributed by atoms with Crippen molar-refractivity contribution in [3.8, 4) is 0 Å². The molecule has 0 amide bonds. The Morgan fingerprint density at radius 1 is 1.03 bits per heavy atom. The Balaban J connectivity index is 1.65. The van der Waals surface area contributed by atoms with E-state index in [2.05, 4.69) is 20.8 Å². The lowest BCUT2D eigenvalue weighted by Gasteiger charge is -2.70. The van der Waals surface area contributed by atoms with Crippen molar-refractivity contribution < 1.29 is 23.9 Å². The molecule has 0 aromatic heterocycles. The molecular formula is C30H46O4. The van der Waals surface area contributed by atoms with E-state index in [0.29, 0.717) is 12.8 Å². The standard InChI is InChI=1S/C30H46O4/c1-25(2)21-8-11-30(7)23(28(21,5)10-9-22(25)32)20(31)16-18-19-17-27(4,24(33)34)13-12-26(19,3)14-15-29(18,30)6/h16,19,21-23,32H,8-15,17H2,1-7H3,(H,33,34)/t19-,21-,22?,23+,26+,27-,28-,29+,30+/m0/s1/i9D2,22D. The van der Waals surface area contributed by atoms with Crippen molar-refractivity contribution in [3.63, 3.8) is 0 Å². The number of aliphatic hydroxyl groups is 1. The van der Waals surface area contributed by atoms with Gasteiger partial charge in [-0.3, -0.25) is 9.59 Å². The van der Waals surface area contributed by atoms with E-state index in [0.717, 1.165) is 37.7 Å². The molecule has 0 radical (unpaired) electrons. The van der Waals surface area contributed by atoms with Gasteiger partial charge in [-0.05, 0) is 110 Å². The largest absolute Gasteiger partial charge is 0.481 e. The topological polar surface area (TPSA) is 74.6 Å². The Hall–Kier alpha value is -1.16. The lowest BCUT2D eigenvalue weighted by molar-refractivity contribution is -0.202. The molecule has 4 heteroatoms. The van der Waals surface area contributed by atoms with Gasteiger partial charge in [0.2, 0.25) is 0 Å². The molecule has 0 bridgehead atoms. The van der Waals surface area contributed by atoms with Gasteiger partial charge in [0.05, 0.1) is 12.9 Å². The molecule has 34 heavy (non-hydrogen) atoms. The fourth-order valence-corrected chi connectivity index (χ4v) is 9.85. The quantitative estimate of drug-likeness (QED) is 0.461. The van der Waals surface area contributed by atoms with Crippen LogP contribution in [-0.4, -0.2) is 28.0 Å². The molecule has 4 nitrogen and oxygen atoms in total. The summed E-state index contributed by atoms with van der Waals surface area (Å²) < 4.78 is 26.2. The first-order valence-electron chi connectivity index (χ1n) is 14.8. The Bertz CT molecular complexity index is 1100. The van der Waals surface area contributed by atoms with Crippen LogP contribution >= 0.6 is 0 Å². The zero-order valence-electron chi connectivity index (χ0n) is 25.2. The number of hydrogen-bond acceptors (Lipinski definition) is 3. The van der Waals surface area contributed by atoms with Crippen LogP contribution in [0.3, 0.4) is 0 Å². The van der Waals surface area contributed by atoms with Crippen LogP contribution in [-0.2, 0) is 9.59 Å². The second kappa shape index (κ2) is 6.99. The predicted molar refractivity (Wildman–Crippen MR) is 133 cm³/mol. The number of allylic oxidation sites excluding steroid dienone is 2. The molecule has 5 aliphatic rings. The van der Waals surface area contributed by atoms with Gasteiger partial charge in [-0.25, -0.2) is 0 Å². The van der Waals surface area contributed by atoms with Crippen molar-refractivity contribution >= 4 is 11.8 Å². The zero-order valence-corrected chi connectivity index (χ0v) is 22.2. The third-order valence-corrected chi connectivity index (χ3v) is 12.5. The van der Waals surface area contributed by atoms with Crippen LogP contribution in [0.4, 0.5) is 0 Å². The van der Waals surface area contributed by atoms with Crippen LogP contribution in [0.2, 0.25) is 0 Å². The molecule has 5 rings (SSSR count). The number of hydrogen-bond donors (Lipinski definition) is 2. The van der Waals surface area contributed by atoms with E-state index in [9.17, 15) is 19.8 Å². The summed E-state index contributed by atoms with van der Waals surface area (Å²) in [5.41, 5.74) is -2.08. The van der Waals surface area contributed by atoms with Crippen LogP contribution in [0.1, 0.15) is 110 Å². The average molecular weight is 474 g/mol. The molecule has 1 unspecified atom stereocenters. The van der Waals surface area contributed by atoms with Crippen molar-refractivity contribution in [2.45, 2.75) is 112 Å². The number of carboxylic acid groups (broad SMARTS) is 1. The number of carbonyl (C=O) groups excluding carboxylic acids is 1. The van der Waals surface area contributed by atoms with Gasteiger partial charge < -0.3 is 10.2 Å². The Morgan fingerprint density at radius 2 is 1.68 bits per heavy atom. The third-order valence-electron chi connectivity index (χ3n) is 12.5. The van der Waals surface area contributed by atoms with Crippen molar-refractivity contribution in [1.82, 2.24) is 0 Å². The molecule has 5 aliphatic carbocycles. The minimum absolute atomic E-state index is 0.0163. The molecule has 190 valence electrons. The highest BCUT2D eigenvalue weighted by Crippen LogP contribution is 2.75. The summed E-state index contributed by atoms with van der Waals surface area (Å²) in [6, 6.07) is 0. The maximum atomic E-state index is 14.3. The number of fused-ring (bicyclic) bond motifs is 7. The fourth-order valence-electron chi connectivity index (χ4n) is 9.85. The van der Waals surface area contributed by atoms with E-state index in [-0.39, 0.29) is 34.9 Å². The van der Waals surface area contributed by atoms with Gasteiger partial charge in [-0.15, -0.1) is 0 Å². The van der Waals surface area contributed by atoms with E-state index in [4.69, 9.17) is 4.11 Å². The molecule has 9 atom stereocenters. The third kappa shape index (κ3) is 2.81. The highest BCUT2D eigenvalue weighted by atomic mass is 16.4. The van der Waals surface area contributed by atoms with Gasteiger partial charge in [0, 0.05) is 8.66 Å². The molecule has 0 spiro atoms. The van der Waals surface area contributed by atoms with Gasteiger partial charge in [-0.1, -0.05) is 47.1 Å². The lowest BCUT2D eigenvalue weighted by atomic mass is 9.33. The summed E-state index contributed by atoms with van der Waals surface area (Å²) >= 11 is 0. The minimum Gasteiger partial charge on any atom is -0.481 e. The summed E-state index contributed by atoms with van der Waals surface area (Å²) in [4.78, 5) is 26.6. The number of carbonyl (C=O) groups is 2. The minimum atomic E-state index is -2.24. The van der Waals surface area contributed by atoms with Crippen molar-refractivity contribution in [1.29, 1.82) is 0 Å². The summed E-state index contributed by atoms with van der Waals surface area (Å²) in [6.45, 7) is 14.3. The summed E-state index contributed by atoms with van der Waals surface area (Å²) in [6.07, 6.45) is 2.96. The first kappa shape index (κ1) is 21.0. The van der Waals surface area contributed by atoms with Crippen LogP contribution in [0, 0.1) is 50.2 Å². The summed E-state index contributed by atoms with van der Waals surface area (Å²) in [5.74, 6) is -1.24. The van der Waals surface area contributed by atoms with Crippen LogP contribution in [0.5, 0.6) is 0 Å². The molecular weight excluding hydrogens is 424 g/mol. The molecule has 0 aromatic carbocycles. The number of carboxylic acids is 1. The molecule has 0 aliphatic heterocycles. The molecule has 4 saturated carbocycles. The fraction of sp³-hybridized carbons (Fsp3) is 0.867. The Kier molecular flexibility index (Phi) is 4.31. The number of rotatable bonds is 1. The molecule has 2 N–H and O–H groups in total. The zero-order chi connectivity index (χ0) is 27.8. The van der Waals surface area contributed by atoms with Gasteiger partial charge in [0.25, 0.3) is 0 Å². The SMILES string of the molecule is [2H]C1([2H])C[C@]2(C)[C@H]3C(=O)C=C4[C@@H]5C[C@@](C)(C(=O)O)CC[C@]5(C)CC[C@@]4(C)[C@]3(C)CC[C@H]2C(C)(C)C1([2H])O. The van der Waals surface area contributed by atoms with Crippen molar-refractivity contribution in [2.24, 2.45) is 50.2 Å². The van der Waals surface area contributed by atoms with E-state index < -0.39 is 46.0 Å².